The van der Waals surface area contributed by atoms with E-state index < -0.39 is 5.91 Å². The molecule has 5 heteroatoms. The molecule has 1 aliphatic carbocycles. The highest BCUT2D eigenvalue weighted by atomic mass is 16.2. The van der Waals surface area contributed by atoms with Crippen LogP contribution in [0.1, 0.15) is 60.5 Å². The van der Waals surface area contributed by atoms with E-state index in [-0.39, 0.29) is 35.0 Å². The number of rotatable bonds is 3. The number of amides is 2. The number of hydrogen-bond acceptors (Lipinski definition) is 3. The van der Waals surface area contributed by atoms with Gasteiger partial charge >= 0.3 is 0 Å². The number of benzene rings is 2. The lowest BCUT2D eigenvalue weighted by Crippen LogP contribution is -2.44. The molecule has 2 amide bonds. The van der Waals surface area contributed by atoms with E-state index in [1.807, 2.05) is 45.0 Å². The zero-order chi connectivity index (χ0) is 21.6. The van der Waals surface area contributed by atoms with Crippen LogP contribution in [0.4, 0.5) is 5.69 Å². The summed E-state index contributed by atoms with van der Waals surface area (Å²) in [6.07, 6.45) is 1.20. The van der Waals surface area contributed by atoms with Gasteiger partial charge in [-0.2, -0.15) is 0 Å². The first-order valence-corrected chi connectivity index (χ1v) is 10.2. The number of nitrogens with two attached hydrogens (primary N) is 1. The Bertz CT molecular complexity index is 1100. The molecule has 5 nitrogen and oxygen atoms in total. The summed E-state index contributed by atoms with van der Waals surface area (Å²) in [6, 6.07) is 14.8. The number of carbonyl (C=O) groups excluding carboxylic acids is 3. The first-order valence-electron chi connectivity index (χ1n) is 10.2. The Morgan fingerprint density at radius 1 is 1.07 bits per heavy atom. The minimum absolute atomic E-state index is 0.0711. The van der Waals surface area contributed by atoms with Gasteiger partial charge in [0, 0.05) is 30.0 Å². The predicted octanol–water partition coefficient (Wildman–Crippen LogP) is 4.26. The molecule has 0 aromatic heterocycles. The van der Waals surface area contributed by atoms with E-state index in [4.69, 9.17) is 5.73 Å². The number of carbonyl (C=O) groups is 3. The maximum Gasteiger partial charge on any atom is 0.250 e. The van der Waals surface area contributed by atoms with E-state index >= 15 is 0 Å². The molecular weight excluding hydrogens is 376 g/mol. The van der Waals surface area contributed by atoms with Crippen molar-refractivity contribution in [3.05, 3.63) is 76.5 Å². The Morgan fingerprint density at radius 3 is 2.50 bits per heavy atom. The summed E-state index contributed by atoms with van der Waals surface area (Å²) < 4.78 is 0. The maximum absolute atomic E-state index is 13.4. The van der Waals surface area contributed by atoms with Crippen molar-refractivity contribution >= 4 is 23.3 Å². The zero-order valence-electron chi connectivity index (χ0n) is 17.6. The fourth-order valence-electron chi connectivity index (χ4n) is 4.74. The van der Waals surface area contributed by atoms with Gasteiger partial charge in [-0.1, -0.05) is 55.8 Å². The van der Waals surface area contributed by atoms with E-state index in [2.05, 4.69) is 0 Å². The molecule has 2 aromatic carbocycles. The van der Waals surface area contributed by atoms with Gasteiger partial charge in [0.15, 0.2) is 5.78 Å². The van der Waals surface area contributed by atoms with Crippen molar-refractivity contribution in [1.29, 1.82) is 0 Å². The summed E-state index contributed by atoms with van der Waals surface area (Å²) in [4.78, 5) is 40.4. The second kappa shape index (κ2) is 7.24. The highest BCUT2D eigenvalue weighted by Crippen LogP contribution is 2.48. The number of allylic oxidation sites excluding steroid dienone is 2. The van der Waals surface area contributed by atoms with Crippen molar-refractivity contribution in [3.63, 3.8) is 0 Å². The van der Waals surface area contributed by atoms with Crippen molar-refractivity contribution in [2.75, 3.05) is 4.90 Å². The summed E-state index contributed by atoms with van der Waals surface area (Å²) in [5.74, 6) is -0.919. The molecule has 154 valence electrons. The topological polar surface area (TPSA) is 80.5 Å². The van der Waals surface area contributed by atoms with E-state index in [0.29, 0.717) is 29.8 Å². The highest BCUT2D eigenvalue weighted by Gasteiger charge is 2.44. The van der Waals surface area contributed by atoms with Gasteiger partial charge < -0.3 is 5.73 Å². The molecule has 1 heterocycles. The molecule has 1 aliphatic heterocycles. The third-order valence-corrected chi connectivity index (χ3v) is 6.00. The Balaban J connectivity index is 1.95. The highest BCUT2D eigenvalue weighted by molar-refractivity contribution is 6.10. The summed E-state index contributed by atoms with van der Waals surface area (Å²) in [6.45, 7) is 6.08. The molecule has 2 aromatic rings. The molecule has 2 aliphatic rings. The van der Waals surface area contributed by atoms with Crippen molar-refractivity contribution in [3.8, 4) is 0 Å². The van der Waals surface area contributed by atoms with Gasteiger partial charge in [0.05, 0.1) is 11.3 Å². The van der Waals surface area contributed by atoms with Crippen LogP contribution in [0.15, 0.2) is 59.8 Å². The average molecular weight is 402 g/mol. The van der Waals surface area contributed by atoms with Crippen LogP contribution < -0.4 is 10.6 Å². The van der Waals surface area contributed by atoms with Gasteiger partial charge in [-0.15, -0.1) is 0 Å². The van der Waals surface area contributed by atoms with Crippen LogP contribution in [-0.2, 0) is 9.59 Å². The number of nitrogens with zero attached hydrogens (tertiary/aromatic N) is 1. The Hall–Kier alpha value is -3.21. The normalized spacial score (nSPS) is 20.9. The second-order valence-corrected chi connectivity index (χ2v) is 9.08. The van der Waals surface area contributed by atoms with Gasteiger partial charge in [0.25, 0.3) is 5.91 Å². The Kier molecular flexibility index (Phi) is 4.85. The summed E-state index contributed by atoms with van der Waals surface area (Å²) in [7, 11) is 0. The van der Waals surface area contributed by atoms with Crippen molar-refractivity contribution in [1.82, 2.24) is 0 Å². The number of hydrogen-bond donors (Lipinski definition) is 1. The number of para-hydroxylation sites is 1. The van der Waals surface area contributed by atoms with Crippen LogP contribution in [0.25, 0.3) is 0 Å². The van der Waals surface area contributed by atoms with Crippen molar-refractivity contribution in [2.24, 2.45) is 11.1 Å². The number of primary amides is 1. The molecule has 1 atom stereocenters. The van der Waals surface area contributed by atoms with Gasteiger partial charge in [-0.3, -0.25) is 19.3 Å². The second-order valence-electron chi connectivity index (χ2n) is 9.08. The number of Topliss-reactive ketones (excluding diaryl/α,β-unsaturated/α-hetero) is 1. The standard InChI is InChI=1S/C25H26N2O3/c1-15-7-6-8-16(11-15)18-12-22(29)27(19-10-5-4-9-17(19)24(26)30)20-13-25(2,3)14-21(28)23(18)20/h4-11,18H,12-14H2,1-3H3,(H2,26,30). The SMILES string of the molecule is Cc1cccc(C2CC(=O)N(c3ccccc3C(N)=O)C3=C2C(=O)CC(C)(C)C3)c1. The van der Waals surface area contributed by atoms with Crippen LogP contribution in [0, 0.1) is 12.3 Å². The fourth-order valence-corrected chi connectivity index (χ4v) is 4.74. The zero-order valence-corrected chi connectivity index (χ0v) is 17.6. The molecule has 1 unspecified atom stereocenters. The van der Waals surface area contributed by atoms with Gasteiger partial charge in [0.1, 0.15) is 0 Å². The van der Waals surface area contributed by atoms with E-state index in [0.717, 1.165) is 11.1 Å². The van der Waals surface area contributed by atoms with E-state index in [1.165, 1.54) is 0 Å². The molecule has 0 radical (unpaired) electrons. The van der Waals surface area contributed by atoms with E-state index in [9.17, 15) is 14.4 Å². The number of ketones is 1. The van der Waals surface area contributed by atoms with Crippen molar-refractivity contribution in [2.45, 2.75) is 46.0 Å². The monoisotopic (exact) mass is 402 g/mol. The Labute approximate surface area is 176 Å². The minimum Gasteiger partial charge on any atom is -0.366 e. The molecule has 0 saturated heterocycles. The van der Waals surface area contributed by atoms with Crippen LogP contribution in [0.5, 0.6) is 0 Å². The van der Waals surface area contributed by atoms with Crippen LogP contribution in [0.3, 0.4) is 0 Å². The summed E-state index contributed by atoms with van der Waals surface area (Å²) in [5, 5.41) is 0. The largest absolute Gasteiger partial charge is 0.366 e. The molecule has 0 spiro atoms. The first kappa shape index (κ1) is 20.1. The molecule has 2 N–H and O–H groups in total. The molecule has 0 fully saturated rings. The van der Waals surface area contributed by atoms with Gasteiger partial charge in [0.2, 0.25) is 5.91 Å². The summed E-state index contributed by atoms with van der Waals surface area (Å²) in [5.41, 5.74) is 9.52. The fraction of sp³-hybridized carbons (Fsp3) is 0.320. The predicted molar refractivity (Wildman–Crippen MR) is 116 cm³/mol. The lowest BCUT2D eigenvalue weighted by Gasteiger charge is -2.43. The Morgan fingerprint density at radius 2 is 1.80 bits per heavy atom. The van der Waals surface area contributed by atoms with Gasteiger partial charge in [-0.25, -0.2) is 0 Å². The number of aryl methyl sites for hydroxylation is 1. The average Bonchev–Trinajstić information content (AvgIpc) is 2.66. The lowest BCUT2D eigenvalue weighted by atomic mass is 9.69. The third kappa shape index (κ3) is 3.45. The van der Waals surface area contributed by atoms with E-state index in [1.54, 1.807) is 29.2 Å². The molecule has 0 saturated carbocycles. The summed E-state index contributed by atoms with van der Waals surface area (Å²) >= 11 is 0. The maximum atomic E-state index is 13.4. The smallest absolute Gasteiger partial charge is 0.250 e. The van der Waals surface area contributed by atoms with Crippen LogP contribution >= 0.6 is 0 Å². The van der Waals surface area contributed by atoms with Crippen molar-refractivity contribution < 1.29 is 14.4 Å². The third-order valence-electron chi connectivity index (χ3n) is 6.00. The molecule has 0 bridgehead atoms. The molecule has 30 heavy (non-hydrogen) atoms. The first-order chi connectivity index (χ1) is 14.2. The molecule has 4 rings (SSSR count). The molecular formula is C25H26N2O3. The van der Waals surface area contributed by atoms with Crippen LogP contribution in [-0.4, -0.2) is 17.6 Å². The quantitative estimate of drug-likeness (QED) is 0.833. The van der Waals surface area contributed by atoms with Crippen LogP contribution in [0.2, 0.25) is 0 Å². The van der Waals surface area contributed by atoms with Gasteiger partial charge in [-0.05, 0) is 36.5 Å². The minimum atomic E-state index is -0.595. The lowest BCUT2D eigenvalue weighted by molar-refractivity contribution is -0.121. The number of anilines is 1.